The molecule has 0 aliphatic heterocycles. The van der Waals surface area contributed by atoms with E-state index in [0.29, 0.717) is 17.9 Å². The van der Waals surface area contributed by atoms with Crippen LogP contribution in [-0.4, -0.2) is 22.7 Å². The number of carbonyl (C=O) groups is 1. The van der Waals surface area contributed by atoms with Crippen LogP contribution < -0.4 is 4.74 Å². The molecule has 0 saturated carbocycles. The Morgan fingerprint density at radius 3 is 2.75 bits per heavy atom. The summed E-state index contributed by atoms with van der Waals surface area (Å²) in [5.74, 6) is -0.254. The Bertz CT molecular complexity index is 374. The van der Waals surface area contributed by atoms with Crippen LogP contribution in [0.2, 0.25) is 0 Å². The van der Waals surface area contributed by atoms with Crippen molar-refractivity contribution in [3.05, 3.63) is 24.0 Å². The highest BCUT2D eigenvalue weighted by Gasteiger charge is 2.30. The third-order valence-corrected chi connectivity index (χ3v) is 2.44. The standard InChI is InChI=1S/C12H17NO3/c1-4-5-16-10-6-9(7-13-8-10)12(2,3)11(14)15/h6-8H,4-5H2,1-3H3,(H,14,15). The second-order valence-electron chi connectivity index (χ2n) is 4.19. The molecule has 0 saturated heterocycles. The van der Waals surface area contributed by atoms with Crippen LogP contribution in [0.15, 0.2) is 18.5 Å². The lowest BCUT2D eigenvalue weighted by Gasteiger charge is -2.19. The van der Waals surface area contributed by atoms with Crippen LogP contribution >= 0.6 is 0 Å². The Labute approximate surface area is 95.3 Å². The summed E-state index contributed by atoms with van der Waals surface area (Å²) in [7, 11) is 0. The summed E-state index contributed by atoms with van der Waals surface area (Å²) >= 11 is 0. The minimum absolute atomic E-state index is 0.610. The van der Waals surface area contributed by atoms with Crippen LogP contribution in [0.25, 0.3) is 0 Å². The third kappa shape index (κ3) is 2.72. The first kappa shape index (κ1) is 12.5. The van der Waals surface area contributed by atoms with Crippen molar-refractivity contribution >= 4 is 5.97 Å². The van der Waals surface area contributed by atoms with E-state index < -0.39 is 11.4 Å². The summed E-state index contributed by atoms with van der Waals surface area (Å²) in [5.41, 5.74) is -0.299. The van der Waals surface area contributed by atoms with Gasteiger partial charge < -0.3 is 9.84 Å². The number of aromatic nitrogens is 1. The zero-order valence-electron chi connectivity index (χ0n) is 9.86. The highest BCUT2D eigenvalue weighted by Crippen LogP contribution is 2.25. The predicted molar refractivity (Wildman–Crippen MR) is 60.7 cm³/mol. The number of hydrogen-bond acceptors (Lipinski definition) is 3. The fraction of sp³-hybridized carbons (Fsp3) is 0.500. The van der Waals surface area contributed by atoms with Gasteiger partial charge in [0.15, 0.2) is 0 Å². The van der Waals surface area contributed by atoms with Gasteiger partial charge >= 0.3 is 5.97 Å². The Hall–Kier alpha value is -1.58. The van der Waals surface area contributed by atoms with Gasteiger partial charge in [0, 0.05) is 6.20 Å². The molecule has 0 atom stereocenters. The van der Waals surface area contributed by atoms with Crippen molar-refractivity contribution in [2.75, 3.05) is 6.61 Å². The van der Waals surface area contributed by atoms with Gasteiger partial charge in [0.05, 0.1) is 18.2 Å². The molecule has 0 unspecified atom stereocenters. The van der Waals surface area contributed by atoms with E-state index in [4.69, 9.17) is 9.84 Å². The zero-order chi connectivity index (χ0) is 12.2. The summed E-state index contributed by atoms with van der Waals surface area (Å²) in [6.45, 7) is 5.92. The van der Waals surface area contributed by atoms with Gasteiger partial charge in [-0.2, -0.15) is 0 Å². The van der Waals surface area contributed by atoms with E-state index in [1.54, 1.807) is 32.3 Å². The monoisotopic (exact) mass is 223 g/mol. The van der Waals surface area contributed by atoms with Crippen LogP contribution in [0, 0.1) is 0 Å². The topological polar surface area (TPSA) is 59.4 Å². The van der Waals surface area contributed by atoms with E-state index in [2.05, 4.69) is 4.98 Å². The first-order valence-corrected chi connectivity index (χ1v) is 5.30. The molecule has 1 rings (SSSR count). The molecule has 1 aromatic heterocycles. The molecule has 0 fully saturated rings. The van der Waals surface area contributed by atoms with Crippen LogP contribution in [0.4, 0.5) is 0 Å². The van der Waals surface area contributed by atoms with Crippen molar-refractivity contribution in [3.63, 3.8) is 0 Å². The Kier molecular flexibility index (Phi) is 3.88. The molecular formula is C12H17NO3. The smallest absolute Gasteiger partial charge is 0.313 e. The van der Waals surface area contributed by atoms with Gasteiger partial charge in [-0.3, -0.25) is 9.78 Å². The van der Waals surface area contributed by atoms with E-state index in [1.807, 2.05) is 6.92 Å². The lowest BCUT2D eigenvalue weighted by atomic mass is 9.86. The molecule has 0 radical (unpaired) electrons. The maximum absolute atomic E-state index is 11.1. The van der Waals surface area contributed by atoms with Crippen LogP contribution in [0.5, 0.6) is 5.75 Å². The van der Waals surface area contributed by atoms with Gasteiger partial charge in [-0.1, -0.05) is 6.92 Å². The highest BCUT2D eigenvalue weighted by atomic mass is 16.5. The molecule has 0 aliphatic carbocycles. The lowest BCUT2D eigenvalue weighted by molar-refractivity contribution is -0.142. The van der Waals surface area contributed by atoms with E-state index in [9.17, 15) is 4.79 Å². The zero-order valence-corrected chi connectivity index (χ0v) is 9.86. The number of hydrogen-bond donors (Lipinski definition) is 1. The van der Waals surface area contributed by atoms with E-state index >= 15 is 0 Å². The van der Waals surface area contributed by atoms with E-state index in [-0.39, 0.29) is 0 Å². The van der Waals surface area contributed by atoms with Crippen molar-refractivity contribution in [2.24, 2.45) is 0 Å². The Balaban J connectivity index is 2.93. The molecule has 4 nitrogen and oxygen atoms in total. The maximum atomic E-state index is 11.1. The summed E-state index contributed by atoms with van der Waals surface area (Å²) < 4.78 is 5.42. The molecular weight excluding hydrogens is 206 g/mol. The summed E-state index contributed by atoms with van der Waals surface area (Å²) in [4.78, 5) is 15.1. The first-order chi connectivity index (χ1) is 7.48. The molecule has 1 N–H and O–H groups in total. The molecule has 16 heavy (non-hydrogen) atoms. The van der Waals surface area contributed by atoms with E-state index in [0.717, 1.165) is 6.42 Å². The van der Waals surface area contributed by atoms with Gasteiger partial charge in [0.2, 0.25) is 0 Å². The molecule has 0 aromatic carbocycles. The average molecular weight is 223 g/mol. The minimum Gasteiger partial charge on any atom is -0.492 e. The van der Waals surface area contributed by atoms with E-state index in [1.165, 1.54) is 0 Å². The molecule has 88 valence electrons. The van der Waals surface area contributed by atoms with Crippen molar-refractivity contribution < 1.29 is 14.6 Å². The number of ether oxygens (including phenoxy) is 1. The summed E-state index contributed by atoms with van der Waals surface area (Å²) in [5, 5.41) is 9.09. The van der Waals surface area contributed by atoms with Crippen LogP contribution in [-0.2, 0) is 10.2 Å². The number of rotatable bonds is 5. The maximum Gasteiger partial charge on any atom is 0.313 e. The number of aliphatic carboxylic acids is 1. The molecule has 4 heteroatoms. The largest absolute Gasteiger partial charge is 0.492 e. The van der Waals surface area contributed by atoms with Gasteiger partial charge in [-0.05, 0) is 31.9 Å². The fourth-order valence-electron chi connectivity index (χ4n) is 1.18. The number of carboxylic acids is 1. The van der Waals surface area contributed by atoms with Crippen LogP contribution in [0.1, 0.15) is 32.8 Å². The van der Waals surface area contributed by atoms with Gasteiger partial charge in [-0.25, -0.2) is 0 Å². The molecule has 0 spiro atoms. The summed E-state index contributed by atoms with van der Waals surface area (Å²) in [6, 6.07) is 1.73. The first-order valence-electron chi connectivity index (χ1n) is 5.30. The van der Waals surface area contributed by atoms with Crippen LogP contribution in [0.3, 0.4) is 0 Å². The van der Waals surface area contributed by atoms with Crippen molar-refractivity contribution in [2.45, 2.75) is 32.6 Å². The van der Waals surface area contributed by atoms with Crippen molar-refractivity contribution in [1.29, 1.82) is 0 Å². The number of nitrogens with zero attached hydrogens (tertiary/aromatic N) is 1. The SMILES string of the molecule is CCCOc1cncc(C(C)(C)C(=O)O)c1. The predicted octanol–water partition coefficient (Wildman–Crippen LogP) is 2.23. The van der Waals surface area contributed by atoms with Gasteiger partial charge in [0.25, 0.3) is 0 Å². The molecule has 0 amide bonds. The van der Waals surface area contributed by atoms with Gasteiger partial charge in [-0.15, -0.1) is 0 Å². The van der Waals surface area contributed by atoms with Crippen molar-refractivity contribution in [3.8, 4) is 5.75 Å². The van der Waals surface area contributed by atoms with Crippen molar-refractivity contribution in [1.82, 2.24) is 4.98 Å². The lowest BCUT2D eigenvalue weighted by Crippen LogP contribution is -2.28. The second-order valence-corrected chi connectivity index (χ2v) is 4.19. The molecule has 1 aromatic rings. The normalized spacial score (nSPS) is 11.2. The second kappa shape index (κ2) is 4.96. The molecule has 1 heterocycles. The quantitative estimate of drug-likeness (QED) is 0.831. The summed E-state index contributed by atoms with van der Waals surface area (Å²) in [6.07, 6.45) is 4.07. The van der Waals surface area contributed by atoms with Gasteiger partial charge in [0.1, 0.15) is 5.75 Å². The Morgan fingerprint density at radius 2 is 2.19 bits per heavy atom. The number of carboxylic acid groups (broad SMARTS) is 1. The Morgan fingerprint density at radius 1 is 1.50 bits per heavy atom. The average Bonchev–Trinajstić information content (AvgIpc) is 2.26. The fourth-order valence-corrected chi connectivity index (χ4v) is 1.18. The third-order valence-electron chi connectivity index (χ3n) is 2.44. The number of pyridine rings is 1. The minimum atomic E-state index is -0.946. The molecule has 0 bridgehead atoms. The highest BCUT2D eigenvalue weighted by molar-refractivity contribution is 5.80. The molecule has 0 aliphatic rings.